The van der Waals surface area contributed by atoms with Gasteiger partial charge in [-0.1, -0.05) is 30.0 Å². The van der Waals surface area contributed by atoms with Crippen LogP contribution in [-0.4, -0.2) is 35.8 Å². The van der Waals surface area contributed by atoms with E-state index in [1.807, 2.05) is 37.3 Å². The second-order valence-electron chi connectivity index (χ2n) is 6.84. The number of benzene rings is 1. The minimum Gasteiger partial charge on any atom is -0.320 e. The average Bonchev–Trinajstić information content (AvgIpc) is 3.40. The normalized spacial score (nSPS) is 13.6. The van der Waals surface area contributed by atoms with Crippen molar-refractivity contribution in [3.63, 3.8) is 0 Å². The predicted molar refractivity (Wildman–Crippen MR) is 108 cm³/mol. The lowest BCUT2D eigenvalue weighted by atomic mass is 10.3. The highest BCUT2D eigenvalue weighted by molar-refractivity contribution is 7.99. The van der Waals surface area contributed by atoms with E-state index < -0.39 is 0 Å². The highest BCUT2D eigenvalue weighted by Crippen LogP contribution is 2.37. The van der Waals surface area contributed by atoms with Crippen LogP contribution in [0.3, 0.4) is 0 Å². The zero-order valence-corrected chi connectivity index (χ0v) is 16.6. The Balaban J connectivity index is 1.42. The molecule has 1 N–H and O–H groups in total. The van der Waals surface area contributed by atoms with Crippen LogP contribution in [-0.2, 0) is 11.8 Å². The van der Waals surface area contributed by atoms with E-state index in [1.165, 1.54) is 11.8 Å². The number of thioether (sulfide) groups is 1. The lowest BCUT2D eigenvalue weighted by Gasteiger charge is -2.07. The molecule has 0 unspecified atom stereocenters. The number of amides is 1. The Hall–Kier alpha value is -2.81. The molecule has 8 nitrogen and oxygen atoms in total. The molecule has 28 heavy (non-hydrogen) atoms. The third kappa shape index (κ3) is 3.62. The van der Waals surface area contributed by atoms with E-state index in [2.05, 4.69) is 20.1 Å². The molecule has 2 aromatic heterocycles. The molecule has 146 valence electrons. The Morgan fingerprint density at radius 3 is 2.75 bits per heavy atom. The molecule has 0 aliphatic heterocycles. The molecule has 9 heteroatoms. The Morgan fingerprint density at radius 1 is 1.29 bits per heavy atom. The topological polar surface area (TPSA) is 86.7 Å². The molecule has 2 heterocycles. The number of hydrogen-bond donors (Lipinski definition) is 1. The van der Waals surface area contributed by atoms with Crippen LogP contribution in [0.1, 0.15) is 31.0 Å². The van der Waals surface area contributed by atoms with E-state index in [4.69, 9.17) is 0 Å². The third-order valence-corrected chi connectivity index (χ3v) is 5.82. The summed E-state index contributed by atoms with van der Waals surface area (Å²) in [5.74, 6) is 0.395. The highest BCUT2D eigenvalue weighted by Gasteiger charge is 2.26. The first-order chi connectivity index (χ1) is 13.6. The number of anilines is 1. The van der Waals surface area contributed by atoms with E-state index in [9.17, 15) is 9.59 Å². The van der Waals surface area contributed by atoms with Crippen molar-refractivity contribution >= 4 is 23.4 Å². The van der Waals surface area contributed by atoms with E-state index in [0.29, 0.717) is 29.6 Å². The van der Waals surface area contributed by atoms with Crippen molar-refractivity contribution in [3.05, 3.63) is 52.7 Å². The SMILES string of the molecule is Cc1c(NC(=O)CCSc2nncn2C2CC2)c(=O)n(-c2ccccc2)n1C. The lowest BCUT2D eigenvalue weighted by molar-refractivity contribution is -0.115. The molecule has 0 spiro atoms. The number of aromatic nitrogens is 5. The summed E-state index contributed by atoms with van der Waals surface area (Å²) in [6, 6.07) is 9.88. The molecule has 1 aliphatic rings. The number of nitrogens with zero attached hydrogens (tertiary/aromatic N) is 5. The lowest BCUT2D eigenvalue weighted by Crippen LogP contribution is -2.23. The van der Waals surface area contributed by atoms with Crippen molar-refractivity contribution in [2.45, 2.75) is 37.4 Å². The number of nitrogens with one attached hydrogen (secondary N) is 1. The zero-order chi connectivity index (χ0) is 19.7. The highest BCUT2D eigenvalue weighted by atomic mass is 32.2. The van der Waals surface area contributed by atoms with Crippen LogP contribution in [0, 0.1) is 6.92 Å². The van der Waals surface area contributed by atoms with Crippen LogP contribution in [0.15, 0.2) is 46.6 Å². The molecule has 0 atom stereocenters. The van der Waals surface area contributed by atoms with Crippen molar-refractivity contribution in [2.24, 2.45) is 7.05 Å². The number of para-hydroxylation sites is 1. The molecule has 4 rings (SSSR count). The molecule has 1 saturated carbocycles. The fourth-order valence-corrected chi connectivity index (χ4v) is 4.01. The molecule has 1 aromatic carbocycles. The molecule has 1 amide bonds. The average molecular weight is 398 g/mol. The number of rotatable bonds is 7. The van der Waals surface area contributed by atoms with Crippen LogP contribution in [0.2, 0.25) is 0 Å². The summed E-state index contributed by atoms with van der Waals surface area (Å²) < 4.78 is 5.38. The summed E-state index contributed by atoms with van der Waals surface area (Å²) in [7, 11) is 1.81. The third-order valence-electron chi connectivity index (χ3n) is 4.86. The van der Waals surface area contributed by atoms with E-state index >= 15 is 0 Å². The molecule has 3 aromatic rings. The zero-order valence-electron chi connectivity index (χ0n) is 15.8. The molecular formula is C19H22N6O2S. The van der Waals surface area contributed by atoms with Crippen molar-refractivity contribution in [2.75, 3.05) is 11.1 Å². The van der Waals surface area contributed by atoms with E-state index in [-0.39, 0.29) is 11.5 Å². The standard InChI is InChI=1S/C19H22N6O2S/c1-13-17(18(27)25(23(13)2)15-6-4-3-5-7-15)21-16(26)10-11-28-19-22-20-12-24(19)14-8-9-14/h3-7,12,14H,8-11H2,1-2H3,(H,21,26). The van der Waals surface area contributed by atoms with Crippen molar-refractivity contribution in [1.82, 2.24) is 24.1 Å². The molecule has 1 fully saturated rings. The van der Waals surface area contributed by atoms with Gasteiger partial charge in [-0.25, -0.2) is 4.68 Å². The minimum absolute atomic E-state index is 0.184. The monoisotopic (exact) mass is 398 g/mol. The number of carbonyl (C=O) groups is 1. The van der Waals surface area contributed by atoms with E-state index in [1.54, 1.807) is 22.7 Å². The first kappa shape index (κ1) is 18.5. The molecule has 0 radical (unpaired) electrons. The molecular weight excluding hydrogens is 376 g/mol. The Morgan fingerprint density at radius 2 is 2.04 bits per heavy atom. The summed E-state index contributed by atoms with van der Waals surface area (Å²) in [5.41, 5.74) is 1.56. The summed E-state index contributed by atoms with van der Waals surface area (Å²) in [6.07, 6.45) is 4.36. The summed E-state index contributed by atoms with van der Waals surface area (Å²) >= 11 is 1.51. The maximum absolute atomic E-state index is 12.8. The maximum atomic E-state index is 12.8. The summed E-state index contributed by atoms with van der Waals surface area (Å²) in [4.78, 5) is 25.2. The molecule has 0 saturated heterocycles. The van der Waals surface area contributed by atoms with Gasteiger partial charge < -0.3 is 9.88 Å². The molecule has 0 bridgehead atoms. The summed E-state index contributed by atoms with van der Waals surface area (Å²) in [5, 5.41) is 11.7. The maximum Gasteiger partial charge on any atom is 0.295 e. The minimum atomic E-state index is -0.235. The van der Waals surface area contributed by atoms with Gasteiger partial charge in [-0.15, -0.1) is 10.2 Å². The van der Waals surface area contributed by atoms with Gasteiger partial charge in [0, 0.05) is 25.3 Å². The van der Waals surface area contributed by atoms with Gasteiger partial charge in [0.15, 0.2) is 5.16 Å². The van der Waals surface area contributed by atoms with Gasteiger partial charge in [-0.05, 0) is 31.9 Å². The Labute approximate surface area is 166 Å². The second-order valence-corrected chi connectivity index (χ2v) is 7.90. The fraction of sp³-hybridized carbons (Fsp3) is 0.368. The van der Waals surface area contributed by atoms with Crippen LogP contribution < -0.4 is 10.9 Å². The first-order valence-corrected chi connectivity index (χ1v) is 10.2. The van der Waals surface area contributed by atoms with Crippen molar-refractivity contribution in [1.29, 1.82) is 0 Å². The van der Waals surface area contributed by atoms with Gasteiger partial charge in [0.05, 0.1) is 11.4 Å². The van der Waals surface area contributed by atoms with Gasteiger partial charge >= 0.3 is 0 Å². The Bertz CT molecular complexity index is 1050. The van der Waals surface area contributed by atoms with E-state index in [0.717, 1.165) is 23.7 Å². The first-order valence-electron chi connectivity index (χ1n) is 9.22. The van der Waals surface area contributed by atoms with Crippen LogP contribution in [0.4, 0.5) is 5.69 Å². The summed E-state index contributed by atoms with van der Waals surface area (Å²) in [6.45, 7) is 1.82. The van der Waals surface area contributed by atoms with Crippen LogP contribution in [0.5, 0.6) is 0 Å². The quantitative estimate of drug-likeness (QED) is 0.618. The molecule has 1 aliphatic carbocycles. The van der Waals surface area contributed by atoms with Crippen molar-refractivity contribution in [3.8, 4) is 5.69 Å². The predicted octanol–water partition coefficient (Wildman–Crippen LogP) is 2.53. The van der Waals surface area contributed by atoms with Gasteiger partial charge in [0.25, 0.3) is 5.56 Å². The fourth-order valence-electron chi connectivity index (χ4n) is 3.09. The number of carbonyl (C=O) groups excluding carboxylic acids is 1. The van der Waals surface area contributed by atoms with Gasteiger partial charge in [-0.2, -0.15) is 0 Å². The van der Waals surface area contributed by atoms with Crippen LogP contribution >= 0.6 is 11.8 Å². The number of hydrogen-bond acceptors (Lipinski definition) is 5. The van der Waals surface area contributed by atoms with Gasteiger partial charge in [-0.3, -0.25) is 14.3 Å². The smallest absolute Gasteiger partial charge is 0.295 e. The van der Waals surface area contributed by atoms with Gasteiger partial charge in [0.2, 0.25) is 5.91 Å². The van der Waals surface area contributed by atoms with Crippen LogP contribution in [0.25, 0.3) is 5.69 Å². The largest absolute Gasteiger partial charge is 0.320 e. The van der Waals surface area contributed by atoms with Crippen molar-refractivity contribution < 1.29 is 4.79 Å². The van der Waals surface area contributed by atoms with Gasteiger partial charge in [0.1, 0.15) is 12.0 Å². The Kier molecular flexibility index (Phi) is 5.08. The second kappa shape index (κ2) is 7.67.